The summed E-state index contributed by atoms with van der Waals surface area (Å²) >= 11 is 1.09. The van der Waals surface area contributed by atoms with Crippen molar-refractivity contribution in [2.75, 3.05) is 11.9 Å². The van der Waals surface area contributed by atoms with E-state index in [1.54, 1.807) is 11.6 Å². The van der Waals surface area contributed by atoms with Crippen molar-refractivity contribution in [2.45, 2.75) is 17.3 Å². The van der Waals surface area contributed by atoms with E-state index in [1.807, 2.05) is 30.3 Å². The normalized spacial score (nSPS) is 11.7. The molecule has 2 amide bonds. The second kappa shape index (κ2) is 9.44. The minimum absolute atomic E-state index is 0.370. The lowest BCUT2D eigenvalue weighted by Crippen LogP contribution is -2.37. The first kappa shape index (κ1) is 21.4. The van der Waals surface area contributed by atoms with Crippen molar-refractivity contribution in [3.63, 3.8) is 0 Å². The Bertz CT molecular complexity index is 1060. The van der Waals surface area contributed by atoms with E-state index in [0.29, 0.717) is 11.2 Å². The van der Waals surface area contributed by atoms with Crippen LogP contribution in [0.15, 0.2) is 53.9 Å². The van der Waals surface area contributed by atoms with Crippen LogP contribution in [0.1, 0.15) is 6.92 Å². The van der Waals surface area contributed by atoms with E-state index in [-0.39, 0.29) is 0 Å². The molecule has 0 fully saturated rings. The molecule has 30 heavy (non-hydrogen) atoms. The lowest BCUT2D eigenvalue weighted by molar-refractivity contribution is -0.123. The van der Waals surface area contributed by atoms with Crippen LogP contribution in [0.5, 0.6) is 0 Å². The Kier molecular flexibility index (Phi) is 6.72. The third-order valence-electron chi connectivity index (χ3n) is 3.88. The first-order chi connectivity index (χ1) is 14.3. The topological polar surface area (TPSA) is 88.9 Å². The summed E-state index contributed by atoms with van der Waals surface area (Å²) in [4.78, 5) is 28.2. The number of carbonyl (C=O) groups is 2. The zero-order chi connectivity index (χ0) is 21.7. The number of benzene rings is 2. The molecule has 0 spiro atoms. The Labute approximate surface area is 173 Å². The van der Waals surface area contributed by atoms with E-state index in [0.717, 1.165) is 23.5 Å². The van der Waals surface area contributed by atoms with Crippen molar-refractivity contribution in [3.05, 3.63) is 66.2 Å². The molecule has 2 aromatic carbocycles. The Morgan fingerprint density at radius 3 is 2.57 bits per heavy atom. The number of hydrogen-bond acceptors (Lipinski definition) is 5. The van der Waals surface area contributed by atoms with Crippen molar-refractivity contribution in [1.29, 1.82) is 0 Å². The quantitative estimate of drug-likeness (QED) is 0.440. The van der Waals surface area contributed by atoms with Gasteiger partial charge in [-0.2, -0.15) is 0 Å². The maximum atomic E-state index is 13.6. The molecule has 0 aliphatic carbocycles. The van der Waals surface area contributed by atoms with Gasteiger partial charge in [-0.15, -0.1) is 5.10 Å². The maximum absolute atomic E-state index is 13.6. The molecule has 156 valence electrons. The highest BCUT2D eigenvalue weighted by Gasteiger charge is 2.19. The number of thioether (sulfide) groups is 1. The van der Waals surface area contributed by atoms with E-state index in [2.05, 4.69) is 20.7 Å². The fraction of sp³-hybridized carbons (Fsp3) is 0.158. The summed E-state index contributed by atoms with van der Waals surface area (Å²) in [6.45, 7) is 1.13. The van der Waals surface area contributed by atoms with Crippen LogP contribution in [-0.2, 0) is 9.59 Å². The van der Waals surface area contributed by atoms with Crippen LogP contribution in [0, 0.1) is 17.5 Å². The predicted octanol–water partition coefficient (Wildman–Crippen LogP) is 2.92. The number of hydrogen-bond donors (Lipinski definition) is 2. The smallest absolute Gasteiger partial charge is 0.243 e. The van der Waals surface area contributed by atoms with Gasteiger partial charge in [0.15, 0.2) is 17.5 Å². The number of halogens is 3. The van der Waals surface area contributed by atoms with Crippen LogP contribution in [0.4, 0.5) is 18.9 Å². The molecule has 1 atom stereocenters. The molecular weight excluding hydrogens is 419 g/mol. The monoisotopic (exact) mass is 435 g/mol. The van der Waals surface area contributed by atoms with Gasteiger partial charge in [-0.3, -0.25) is 9.59 Å². The highest BCUT2D eigenvalue weighted by atomic mass is 32.2. The fourth-order valence-corrected chi connectivity index (χ4v) is 3.10. The Morgan fingerprint density at radius 1 is 1.10 bits per heavy atom. The molecule has 3 rings (SSSR count). The summed E-state index contributed by atoms with van der Waals surface area (Å²) < 4.78 is 41.3. The Morgan fingerprint density at radius 2 is 1.83 bits per heavy atom. The summed E-state index contributed by atoms with van der Waals surface area (Å²) in [7, 11) is 0. The molecular formula is C19H16F3N5O2S. The number of aromatic nitrogens is 3. The first-order valence-corrected chi connectivity index (χ1v) is 9.58. The van der Waals surface area contributed by atoms with Crippen molar-refractivity contribution < 1.29 is 22.8 Å². The van der Waals surface area contributed by atoms with Crippen LogP contribution in [0.25, 0.3) is 5.69 Å². The molecule has 0 radical (unpaired) electrons. The van der Waals surface area contributed by atoms with E-state index >= 15 is 0 Å². The number of nitrogens with zero attached hydrogens (tertiary/aromatic N) is 3. The van der Waals surface area contributed by atoms with Crippen LogP contribution >= 0.6 is 11.8 Å². The zero-order valence-electron chi connectivity index (χ0n) is 15.6. The van der Waals surface area contributed by atoms with Gasteiger partial charge in [-0.05, 0) is 31.2 Å². The van der Waals surface area contributed by atoms with Gasteiger partial charge in [0.1, 0.15) is 6.33 Å². The van der Waals surface area contributed by atoms with Crippen molar-refractivity contribution in [2.24, 2.45) is 0 Å². The summed E-state index contributed by atoms with van der Waals surface area (Å²) in [5, 5.41) is 8.49. The Balaban J connectivity index is 1.51. The third kappa shape index (κ3) is 5.17. The highest BCUT2D eigenvalue weighted by molar-refractivity contribution is 8.00. The summed E-state index contributed by atoms with van der Waals surface area (Å²) in [6, 6.07) is 10.9. The van der Waals surface area contributed by atoms with Crippen LogP contribution in [0.3, 0.4) is 0 Å². The lowest BCUT2D eigenvalue weighted by Gasteiger charge is -2.11. The highest BCUT2D eigenvalue weighted by Crippen LogP contribution is 2.21. The zero-order valence-corrected chi connectivity index (χ0v) is 16.4. The van der Waals surface area contributed by atoms with Crippen LogP contribution < -0.4 is 10.6 Å². The molecule has 0 saturated heterocycles. The van der Waals surface area contributed by atoms with Crippen molar-refractivity contribution >= 4 is 29.3 Å². The van der Waals surface area contributed by atoms with Gasteiger partial charge in [-0.1, -0.05) is 30.0 Å². The van der Waals surface area contributed by atoms with Gasteiger partial charge in [0, 0.05) is 0 Å². The minimum Gasteiger partial charge on any atom is -0.346 e. The summed E-state index contributed by atoms with van der Waals surface area (Å²) in [5.41, 5.74) is 0.293. The molecule has 0 unspecified atom stereocenters. The SMILES string of the molecule is C[C@@H](Sc1ncn(-c2ccccc2)n1)C(=O)NCC(=O)Nc1ccc(F)c(F)c1F. The third-order valence-corrected chi connectivity index (χ3v) is 4.84. The average Bonchev–Trinajstić information content (AvgIpc) is 3.21. The predicted molar refractivity (Wildman–Crippen MR) is 105 cm³/mol. The second-order valence-electron chi connectivity index (χ2n) is 6.06. The van der Waals surface area contributed by atoms with Crippen molar-refractivity contribution in [3.8, 4) is 5.69 Å². The molecule has 1 aromatic heterocycles. The summed E-state index contributed by atoms with van der Waals surface area (Å²) in [5.74, 6) is -5.84. The van der Waals surface area contributed by atoms with Gasteiger partial charge < -0.3 is 10.6 Å². The first-order valence-electron chi connectivity index (χ1n) is 8.70. The van der Waals surface area contributed by atoms with Crippen molar-refractivity contribution in [1.82, 2.24) is 20.1 Å². The Hall–Kier alpha value is -3.34. The molecule has 0 bridgehead atoms. The van der Waals surface area contributed by atoms with Gasteiger partial charge >= 0.3 is 0 Å². The average molecular weight is 435 g/mol. The molecule has 3 aromatic rings. The van der Waals surface area contributed by atoms with Crippen LogP contribution in [-0.4, -0.2) is 38.4 Å². The molecule has 1 heterocycles. The minimum atomic E-state index is -1.69. The molecule has 0 aliphatic heterocycles. The van der Waals surface area contributed by atoms with E-state index in [1.165, 1.54) is 6.33 Å². The molecule has 7 nitrogen and oxygen atoms in total. The number of amides is 2. The molecule has 11 heteroatoms. The number of carbonyl (C=O) groups excluding carboxylic acids is 2. The standard InChI is InChI=1S/C19H16F3N5O2S/c1-11(30-19-24-10-27(26-19)12-5-3-2-4-6-12)18(29)23-9-15(28)25-14-8-7-13(20)16(21)17(14)22/h2-8,10-11H,9H2,1H3,(H,23,29)(H,25,28)/t11-/m1/s1. The van der Waals surface area contributed by atoms with E-state index < -0.39 is 46.7 Å². The number of para-hydroxylation sites is 1. The maximum Gasteiger partial charge on any atom is 0.243 e. The fourth-order valence-electron chi connectivity index (χ4n) is 2.35. The second-order valence-corrected chi connectivity index (χ2v) is 7.36. The number of nitrogens with one attached hydrogen (secondary N) is 2. The van der Waals surface area contributed by atoms with E-state index in [9.17, 15) is 22.8 Å². The molecule has 0 aliphatic rings. The molecule has 2 N–H and O–H groups in total. The van der Waals surface area contributed by atoms with Gasteiger partial charge in [0.05, 0.1) is 23.2 Å². The van der Waals surface area contributed by atoms with E-state index in [4.69, 9.17) is 0 Å². The lowest BCUT2D eigenvalue weighted by atomic mass is 10.2. The van der Waals surface area contributed by atoms with Gasteiger partial charge in [0.25, 0.3) is 0 Å². The number of rotatable bonds is 7. The van der Waals surface area contributed by atoms with Gasteiger partial charge in [-0.25, -0.2) is 22.8 Å². The summed E-state index contributed by atoms with van der Waals surface area (Å²) in [6.07, 6.45) is 1.52. The largest absolute Gasteiger partial charge is 0.346 e. The van der Waals surface area contributed by atoms with Gasteiger partial charge in [0.2, 0.25) is 17.0 Å². The number of anilines is 1. The van der Waals surface area contributed by atoms with Crippen LogP contribution in [0.2, 0.25) is 0 Å². The molecule has 0 saturated carbocycles.